The molecule has 0 saturated heterocycles. The Kier molecular flexibility index (Phi) is 4.09. The highest BCUT2D eigenvalue weighted by atomic mass is 32.2. The van der Waals surface area contributed by atoms with Crippen molar-refractivity contribution in [1.82, 2.24) is 0 Å². The molecule has 0 fully saturated rings. The molecule has 0 saturated carbocycles. The number of carbonyl (C=O) groups excluding carboxylic acids is 1. The zero-order valence-electron chi connectivity index (χ0n) is 14.0. The van der Waals surface area contributed by atoms with E-state index >= 15 is 0 Å². The Labute approximate surface area is 142 Å². The molecule has 24 heavy (non-hydrogen) atoms. The third-order valence-electron chi connectivity index (χ3n) is 4.45. The highest BCUT2D eigenvalue weighted by Crippen LogP contribution is 2.31. The topological polar surface area (TPSA) is 66.5 Å². The number of sulfonamides is 1. The van der Waals surface area contributed by atoms with Gasteiger partial charge in [0.25, 0.3) is 5.91 Å². The van der Waals surface area contributed by atoms with Crippen LogP contribution in [0.15, 0.2) is 36.4 Å². The van der Waals surface area contributed by atoms with Gasteiger partial charge in [0.1, 0.15) is 0 Å². The summed E-state index contributed by atoms with van der Waals surface area (Å²) < 4.78 is 25.1. The third-order valence-corrected chi connectivity index (χ3v) is 5.63. The molecule has 3 rings (SSSR count). The molecule has 0 unspecified atom stereocenters. The van der Waals surface area contributed by atoms with Gasteiger partial charge in [-0.05, 0) is 55.2 Å². The summed E-state index contributed by atoms with van der Waals surface area (Å²) in [5, 5.41) is 2.91. The molecule has 2 aromatic carbocycles. The first-order valence-corrected chi connectivity index (χ1v) is 9.60. The Hall–Kier alpha value is -2.34. The molecule has 1 amide bonds. The number of benzene rings is 2. The molecular formula is C18H20N2O3S. The second-order valence-electron chi connectivity index (χ2n) is 6.13. The van der Waals surface area contributed by atoms with Gasteiger partial charge >= 0.3 is 0 Å². The van der Waals surface area contributed by atoms with Crippen LogP contribution in [-0.4, -0.2) is 27.1 Å². The predicted molar refractivity (Wildman–Crippen MR) is 96.2 cm³/mol. The first-order chi connectivity index (χ1) is 11.3. The number of anilines is 2. The van der Waals surface area contributed by atoms with Crippen LogP contribution >= 0.6 is 0 Å². The van der Waals surface area contributed by atoms with Gasteiger partial charge < -0.3 is 5.32 Å². The van der Waals surface area contributed by atoms with Gasteiger partial charge in [-0.3, -0.25) is 9.10 Å². The Bertz CT molecular complexity index is 920. The van der Waals surface area contributed by atoms with Gasteiger partial charge in [-0.25, -0.2) is 8.42 Å². The van der Waals surface area contributed by atoms with Gasteiger partial charge in [-0.1, -0.05) is 18.2 Å². The lowest BCUT2D eigenvalue weighted by molar-refractivity contribution is 0.102. The molecule has 2 aromatic rings. The summed E-state index contributed by atoms with van der Waals surface area (Å²) in [7, 11) is -3.33. The number of amides is 1. The van der Waals surface area contributed by atoms with Crippen LogP contribution < -0.4 is 9.62 Å². The number of fused-ring (bicyclic) bond motifs is 1. The summed E-state index contributed by atoms with van der Waals surface area (Å²) >= 11 is 0. The summed E-state index contributed by atoms with van der Waals surface area (Å²) in [6.07, 6.45) is 1.85. The molecule has 0 atom stereocenters. The molecule has 1 N–H and O–H groups in total. The van der Waals surface area contributed by atoms with Crippen LogP contribution in [-0.2, 0) is 16.4 Å². The fourth-order valence-electron chi connectivity index (χ4n) is 2.92. The van der Waals surface area contributed by atoms with Crippen LogP contribution in [0.2, 0.25) is 0 Å². The van der Waals surface area contributed by atoms with Crippen molar-refractivity contribution in [2.45, 2.75) is 20.3 Å². The van der Waals surface area contributed by atoms with E-state index in [4.69, 9.17) is 0 Å². The molecule has 1 aliphatic rings. The number of hydrogen-bond acceptors (Lipinski definition) is 3. The van der Waals surface area contributed by atoms with E-state index in [-0.39, 0.29) is 5.91 Å². The van der Waals surface area contributed by atoms with E-state index in [2.05, 4.69) is 5.32 Å². The highest BCUT2D eigenvalue weighted by molar-refractivity contribution is 7.92. The molecule has 0 aliphatic carbocycles. The van der Waals surface area contributed by atoms with Crippen molar-refractivity contribution < 1.29 is 13.2 Å². The van der Waals surface area contributed by atoms with Gasteiger partial charge in [-0.2, -0.15) is 0 Å². The second-order valence-corrected chi connectivity index (χ2v) is 8.04. The van der Waals surface area contributed by atoms with Crippen LogP contribution in [0.5, 0.6) is 0 Å². The van der Waals surface area contributed by atoms with Gasteiger partial charge in [0.2, 0.25) is 10.0 Å². The average molecular weight is 344 g/mol. The lowest BCUT2D eigenvalue weighted by Gasteiger charge is -2.17. The normalized spacial score (nSPS) is 13.7. The summed E-state index contributed by atoms with van der Waals surface area (Å²) in [4.78, 5) is 12.6. The molecule has 5 nitrogen and oxygen atoms in total. The van der Waals surface area contributed by atoms with E-state index in [1.807, 2.05) is 38.1 Å². The fraction of sp³-hybridized carbons (Fsp3) is 0.278. The van der Waals surface area contributed by atoms with Crippen molar-refractivity contribution in [2.75, 3.05) is 22.4 Å². The van der Waals surface area contributed by atoms with Gasteiger partial charge in [0.05, 0.1) is 11.9 Å². The van der Waals surface area contributed by atoms with Gasteiger partial charge in [-0.15, -0.1) is 0 Å². The SMILES string of the molecule is Cc1cccc(NC(=O)c2ccc3c(c2)N(S(C)(=O)=O)CC3)c1C. The number of hydrogen-bond donors (Lipinski definition) is 1. The predicted octanol–water partition coefficient (Wildman–Crippen LogP) is 2.88. The second kappa shape index (κ2) is 5.94. The van der Waals surface area contributed by atoms with E-state index in [1.54, 1.807) is 12.1 Å². The van der Waals surface area contributed by atoms with E-state index in [0.29, 0.717) is 24.2 Å². The lowest BCUT2D eigenvalue weighted by atomic mass is 10.1. The first kappa shape index (κ1) is 16.5. The van der Waals surface area contributed by atoms with Crippen LogP contribution in [0, 0.1) is 13.8 Å². The number of nitrogens with zero attached hydrogens (tertiary/aromatic N) is 1. The Morgan fingerprint density at radius 2 is 1.92 bits per heavy atom. The quantitative estimate of drug-likeness (QED) is 0.931. The van der Waals surface area contributed by atoms with Gasteiger partial charge in [0.15, 0.2) is 0 Å². The molecule has 6 heteroatoms. The highest BCUT2D eigenvalue weighted by Gasteiger charge is 2.27. The third kappa shape index (κ3) is 3.01. The molecule has 126 valence electrons. The minimum absolute atomic E-state index is 0.244. The summed E-state index contributed by atoms with van der Waals surface area (Å²) in [6.45, 7) is 4.37. The number of nitrogens with one attached hydrogen (secondary N) is 1. The van der Waals surface area contributed by atoms with Gasteiger partial charge in [0, 0.05) is 17.8 Å². The fourth-order valence-corrected chi connectivity index (χ4v) is 3.87. The zero-order valence-corrected chi connectivity index (χ0v) is 14.8. The maximum Gasteiger partial charge on any atom is 0.255 e. The Morgan fingerprint density at radius 1 is 1.17 bits per heavy atom. The number of carbonyl (C=O) groups is 1. The molecule has 1 heterocycles. The number of aryl methyl sites for hydroxylation is 1. The summed E-state index contributed by atoms with van der Waals surface area (Å²) in [5.41, 5.74) is 4.88. The van der Waals surface area contributed by atoms with Crippen molar-refractivity contribution in [2.24, 2.45) is 0 Å². The van der Waals surface area contributed by atoms with E-state index in [1.165, 1.54) is 10.6 Å². The Balaban J connectivity index is 1.91. The van der Waals surface area contributed by atoms with Crippen molar-refractivity contribution in [3.63, 3.8) is 0 Å². The molecule has 0 bridgehead atoms. The Morgan fingerprint density at radius 3 is 2.62 bits per heavy atom. The minimum atomic E-state index is -3.33. The standard InChI is InChI=1S/C18H20N2O3S/c1-12-5-4-6-16(13(12)2)19-18(21)15-8-7-14-9-10-20(17(14)11-15)24(3,22)23/h4-8,11H,9-10H2,1-3H3,(H,19,21). The molecule has 0 spiro atoms. The minimum Gasteiger partial charge on any atom is -0.322 e. The number of rotatable bonds is 3. The van der Waals surface area contributed by atoms with Crippen molar-refractivity contribution in [1.29, 1.82) is 0 Å². The maximum absolute atomic E-state index is 12.6. The first-order valence-electron chi connectivity index (χ1n) is 7.75. The van der Waals surface area contributed by atoms with E-state index in [0.717, 1.165) is 22.4 Å². The van der Waals surface area contributed by atoms with Crippen LogP contribution in [0.25, 0.3) is 0 Å². The van der Waals surface area contributed by atoms with Crippen molar-refractivity contribution in [3.8, 4) is 0 Å². The molecule has 0 aromatic heterocycles. The molecular weight excluding hydrogens is 324 g/mol. The summed E-state index contributed by atoms with van der Waals surface area (Å²) in [6, 6.07) is 11.0. The average Bonchev–Trinajstić information content (AvgIpc) is 2.95. The monoisotopic (exact) mass is 344 g/mol. The van der Waals surface area contributed by atoms with Crippen molar-refractivity contribution in [3.05, 3.63) is 58.7 Å². The smallest absolute Gasteiger partial charge is 0.255 e. The zero-order chi connectivity index (χ0) is 17.5. The molecule has 1 aliphatic heterocycles. The molecule has 0 radical (unpaired) electrons. The van der Waals surface area contributed by atoms with Crippen LogP contribution in [0.1, 0.15) is 27.0 Å². The lowest BCUT2D eigenvalue weighted by Crippen LogP contribution is -2.27. The van der Waals surface area contributed by atoms with E-state index in [9.17, 15) is 13.2 Å². The van der Waals surface area contributed by atoms with E-state index < -0.39 is 10.0 Å². The van der Waals surface area contributed by atoms with Crippen LogP contribution in [0.4, 0.5) is 11.4 Å². The maximum atomic E-state index is 12.6. The van der Waals surface area contributed by atoms with Crippen molar-refractivity contribution >= 4 is 27.3 Å². The van der Waals surface area contributed by atoms with Crippen LogP contribution in [0.3, 0.4) is 0 Å². The summed E-state index contributed by atoms with van der Waals surface area (Å²) in [5.74, 6) is -0.244. The largest absolute Gasteiger partial charge is 0.322 e.